The van der Waals surface area contributed by atoms with Gasteiger partial charge in [0.05, 0.1) is 15.9 Å². The molecule has 0 saturated carbocycles. The summed E-state index contributed by atoms with van der Waals surface area (Å²) in [7, 11) is 0.835. The van der Waals surface area contributed by atoms with E-state index in [2.05, 4.69) is 30.9 Å². The molecule has 2 N–H and O–H groups in total. The van der Waals surface area contributed by atoms with Crippen LogP contribution in [-0.4, -0.2) is 33.0 Å². The second kappa shape index (κ2) is 7.31. The highest BCUT2D eigenvalue weighted by atomic mass is 79.9. The van der Waals surface area contributed by atoms with E-state index in [0.29, 0.717) is 23.2 Å². The first-order chi connectivity index (χ1) is 7.63. The van der Waals surface area contributed by atoms with Gasteiger partial charge in [-0.15, -0.1) is 0 Å². The maximum atomic E-state index is 11.7. The van der Waals surface area contributed by atoms with E-state index in [4.69, 9.17) is 12.2 Å². The van der Waals surface area contributed by atoms with E-state index in [9.17, 15) is 4.21 Å². The predicted octanol–water partition coefficient (Wildman–Crippen LogP) is 1.25. The Labute approximate surface area is 115 Å². The van der Waals surface area contributed by atoms with Gasteiger partial charge >= 0.3 is 0 Å². The molecule has 1 aromatic rings. The summed E-state index contributed by atoms with van der Waals surface area (Å²) < 4.78 is 16.8. The summed E-state index contributed by atoms with van der Waals surface area (Å²) >= 11 is 9.63. The van der Waals surface area contributed by atoms with Gasteiger partial charge in [-0.05, 0) is 39.7 Å². The summed E-state index contributed by atoms with van der Waals surface area (Å²) in [5.74, 6) is 1.05. The van der Waals surface area contributed by atoms with Crippen LogP contribution < -0.4 is 10.6 Å². The molecular weight excluding hydrogens is 330 g/mol. The lowest BCUT2D eigenvalue weighted by atomic mass is 10.5. The zero-order valence-corrected chi connectivity index (χ0v) is 12.7. The molecule has 8 heteroatoms. The van der Waals surface area contributed by atoms with E-state index < -0.39 is 10.8 Å². The third-order valence-corrected chi connectivity index (χ3v) is 4.99. The number of thiocarbonyl (C=S) groups is 1. The van der Waals surface area contributed by atoms with E-state index in [1.165, 1.54) is 11.5 Å². The third-order valence-electron chi connectivity index (χ3n) is 1.73. The van der Waals surface area contributed by atoms with Crippen molar-refractivity contribution < 1.29 is 4.21 Å². The standard InChI is InChI=1S/C8H12BrN3OS3/c1-10-8(14)11-2-3-16(13)5-7-6(9)4-15-12-7/h4H,2-3,5H2,1H3,(H2,10,11,14). The van der Waals surface area contributed by atoms with Crippen molar-refractivity contribution in [3.8, 4) is 0 Å². The van der Waals surface area contributed by atoms with Gasteiger partial charge in [-0.25, -0.2) is 0 Å². The molecule has 1 atom stereocenters. The molecule has 0 spiro atoms. The molecule has 0 aliphatic carbocycles. The van der Waals surface area contributed by atoms with Crippen LogP contribution in [0, 0.1) is 0 Å². The number of halogens is 1. The number of hydrogen-bond acceptors (Lipinski definition) is 4. The minimum atomic E-state index is -0.914. The van der Waals surface area contributed by atoms with Gasteiger partial charge < -0.3 is 10.6 Å². The number of rotatable bonds is 5. The normalized spacial score (nSPS) is 12.1. The fourth-order valence-electron chi connectivity index (χ4n) is 0.935. The van der Waals surface area contributed by atoms with Gasteiger partial charge in [-0.1, -0.05) is 0 Å². The Morgan fingerprint density at radius 2 is 2.50 bits per heavy atom. The van der Waals surface area contributed by atoms with Gasteiger partial charge in [-0.3, -0.25) is 4.21 Å². The highest BCUT2D eigenvalue weighted by Crippen LogP contribution is 2.18. The molecule has 16 heavy (non-hydrogen) atoms. The molecule has 0 amide bonds. The second-order valence-corrected chi connectivity index (χ2v) is 6.37. The Bertz CT molecular complexity index is 382. The fourth-order valence-corrected chi connectivity index (χ4v) is 3.47. The largest absolute Gasteiger partial charge is 0.366 e. The number of nitrogens with one attached hydrogen (secondary N) is 2. The molecule has 1 heterocycles. The predicted molar refractivity (Wildman–Crippen MR) is 76.2 cm³/mol. The molecule has 1 unspecified atom stereocenters. The lowest BCUT2D eigenvalue weighted by Gasteiger charge is -2.06. The number of aromatic nitrogens is 1. The Morgan fingerprint density at radius 1 is 1.75 bits per heavy atom. The van der Waals surface area contributed by atoms with Crippen LogP contribution in [0.25, 0.3) is 0 Å². The van der Waals surface area contributed by atoms with Gasteiger partial charge in [0, 0.05) is 35.5 Å². The second-order valence-electron chi connectivity index (χ2n) is 2.90. The minimum Gasteiger partial charge on any atom is -0.366 e. The SMILES string of the molecule is CNC(=S)NCCS(=O)Cc1nscc1Br. The topological polar surface area (TPSA) is 54.0 Å². The molecular formula is C8H12BrN3OS3. The molecule has 90 valence electrons. The van der Waals surface area contributed by atoms with Crippen LogP contribution >= 0.6 is 39.7 Å². The van der Waals surface area contributed by atoms with Gasteiger partial charge in [0.2, 0.25) is 0 Å². The third kappa shape index (κ3) is 4.86. The lowest BCUT2D eigenvalue weighted by Crippen LogP contribution is -2.35. The highest BCUT2D eigenvalue weighted by molar-refractivity contribution is 9.10. The van der Waals surface area contributed by atoms with Crippen LogP contribution in [0.1, 0.15) is 5.69 Å². The van der Waals surface area contributed by atoms with Crippen LogP contribution in [0.3, 0.4) is 0 Å². The van der Waals surface area contributed by atoms with Crippen molar-refractivity contribution in [2.24, 2.45) is 0 Å². The van der Waals surface area contributed by atoms with Crippen molar-refractivity contribution in [2.45, 2.75) is 5.75 Å². The van der Waals surface area contributed by atoms with Crippen LogP contribution in [0.15, 0.2) is 9.85 Å². The Kier molecular flexibility index (Phi) is 6.40. The Morgan fingerprint density at radius 3 is 3.06 bits per heavy atom. The van der Waals surface area contributed by atoms with Gasteiger partial charge in [0.25, 0.3) is 0 Å². The average molecular weight is 342 g/mol. The van der Waals surface area contributed by atoms with Crippen molar-refractivity contribution in [3.05, 3.63) is 15.5 Å². The maximum absolute atomic E-state index is 11.7. The first kappa shape index (κ1) is 14.0. The molecule has 0 saturated heterocycles. The Hall–Kier alpha value is -0.0500. The molecule has 0 bridgehead atoms. The number of hydrogen-bond donors (Lipinski definition) is 2. The average Bonchev–Trinajstić information content (AvgIpc) is 2.64. The van der Waals surface area contributed by atoms with Gasteiger partial charge in [0.15, 0.2) is 5.11 Å². The summed E-state index contributed by atoms with van der Waals surface area (Å²) in [5.41, 5.74) is 0.861. The van der Waals surface area contributed by atoms with Crippen LogP contribution in [0.5, 0.6) is 0 Å². The zero-order chi connectivity index (χ0) is 12.0. The van der Waals surface area contributed by atoms with Crippen molar-refractivity contribution >= 4 is 55.6 Å². The molecule has 0 radical (unpaired) electrons. The van der Waals surface area contributed by atoms with E-state index >= 15 is 0 Å². The summed E-state index contributed by atoms with van der Waals surface area (Å²) in [4.78, 5) is 0. The quantitative estimate of drug-likeness (QED) is 0.789. The van der Waals surface area contributed by atoms with Crippen molar-refractivity contribution in [1.29, 1.82) is 0 Å². The highest BCUT2D eigenvalue weighted by Gasteiger charge is 2.07. The first-order valence-electron chi connectivity index (χ1n) is 4.52. The fraction of sp³-hybridized carbons (Fsp3) is 0.500. The van der Waals surface area contributed by atoms with Crippen molar-refractivity contribution in [2.75, 3.05) is 19.3 Å². The molecule has 0 aromatic carbocycles. The van der Waals surface area contributed by atoms with Gasteiger partial charge in [-0.2, -0.15) is 4.37 Å². The minimum absolute atomic E-state index is 0.484. The van der Waals surface area contributed by atoms with Crippen LogP contribution in [0.4, 0.5) is 0 Å². The maximum Gasteiger partial charge on any atom is 0.166 e. The van der Waals surface area contributed by atoms with E-state index in [1.807, 2.05) is 5.38 Å². The molecule has 1 rings (SSSR count). The van der Waals surface area contributed by atoms with E-state index in [-0.39, 0.29) is 0 Å². The summed E-state index contributed by atoms with van der Waals surface area (Å²) in [6, 6.07) is 0. The van der Waals surface area contributed by atoms with Crippen LogP contribution in [0.2, 0.25) is 0 Å². The lowest BCUT2D eigenvalue weighted by molar-refractivity contribution is 0.680. The molecule has 0 fully saturated rings. The summed E-state index contributed by atoms with van der Waals surface area (Å²) in [6.45, 7) is 0.605. The molecule has 1 aromatic heterocycles. The summed E-state index contributed by atoms with van der Waals surface area (Å²) in [6.07, 6.45) is 0. The van der Waals surface area contributed by atoms with Crippen molar-refractivity contribution in [1.82, 2.24) is 15.0 Å². The first-order valence-corrected chi connectivity index (χ1v) is 8.05. The van der Waals surface area contributed by atoms with Gasteiger partial charge in [0.1, 0.15) is 0 Å². The number of nitrogens with zero attached hydrogens (tertiary/aromatic N) is 1. The molecule has 0 aliphatic heterocycles. The monoisotopic (exact) mass is 341 g/mol. The Balaban J connectivity index is 2.27. The smallest absolute Gasteiger partial charge is 0.166 e. The molecule has 4 nitrogen and oxygen atoms in total. The molecule has 0 aliphatic rings. The van der Waals surface area contributed by atoms with Crippen molar-refractivity contribution in [3.63, 3.8) is 0 Å². The van der Waals surface area contributed by atoms with E-state index in [0.717, 1.165) is 10.2 Å². The van der Waals surface area contributed by atoms with Crippen LogP contribution in [-0.2, 0) is 16.6 Å². The zero-order valence-electron chi connectivity index (χ0n) is 8.66. The van der Waals surface area contributed by atoms with E-state index in [1.54, 1.807) is 7.05 Å². The summed E-state index contributed by atoms with van der Waals surface area (Å²) in [5, 5.41) is 8.22.